The number of aliphatic imine (C=N–C) groups is 1. The fourth-order valence-electron chi connectivity index (χ4n) is 2.06. The van der Waals surface area contributed by atoms with E-state index < -0.39 is 11.9 Å². The van der Waals surface area contributed by atoms with Crippen molar-refractivity contribution in [1.82, 2.24) is 15.6 Å². The minimum absolute atomic E-state index is 0. The third-order valence-corrected chi connectivity index (χ3v) is 4.14. The van der Waals surface area contributed by atoms with Gasteiger partial charge >= 0.3 is 6.18 Å². The largest absolute Gasteiger partial charge is 0.434 e. The second kappa shape index (κ2) is 11.6. The Labute approximate surface area is 187 Å². The molecule has 0 radical (unpaired) electrons. The number of carbonyl (C=O) groups excluding carboxylic acids is 1. The van der Waals surface area contributed by atoms with Crippen LogP contribution in [0.3, 0.4) is 0 Å². The maximum atomic E-state index is 12.6. The molecule has 0 aliphatic heterocycles. The summed E-state index contributed by atoms with van der Waals surface area (Å²) in [5, 5.41) is 9.66. The number of hydrogen-bond donors (Lipinski definition) is 3. The van der Waals surface area contributed by atoms with E-state index in [1.807, 2.05) is 6.92 Å². The number of terminal acetylenes is 1. The lowest BCUT2D eigenvalue weighted by molar-refractivity contribution is -0.140. The number of carbonyl (C=O) groups is 1. The fourth-order valence-corrected chi connectivity index (χ4v) is 2.80. The maximum Gasteiger partial charge on any atom is 0.434 e. The van der Waals surface area contributed by atoms with Gasteiger partial charge in [-0.2, -0.15) is 13.2 Å². The Bertz CT molecular complexity index is 892. The highest BCUT2D eigenvalue weighted by atomic mass is 127. The quantitative estimate of drug-likeness (QED) is 0.229. The average molecular weight is 537 g/mol. The summed E-state index contributed by atoms with van der Waals surface area (Å²) < 4.78 is 37.8. The minimum atomic E-state index is -4.47. The molecule has 1 aromatic heterocycles. The molecule has 29 heavy (non-hydrogen) atoms. The van der Waals surface area contributed by atoms with E-state index in [-0.39, 0.29) is 48.0 Å². The summed E-state index contributed by atoms with van der Waals surface area (Å²) in [6.45, 7) is 2.22. The number of hydrogen-bond acceptors (Lipinski definition) is 4. The fraction of sp³-hybridized carbons (Fsp3) is 0.278. The van der Waals surface area contributed by atoms with E-state index in [4.69, 9.17) is 6.42 Å². The smallest absolute Gasteiger partial charge is 0.357 e. The Balaban J connectivity index is 0.00000420. The Hall–Kier alpha value is -2.33. The van der Waals surface area contributed by atoms with Crippen molar-refractivity contribution in [1.29, 1.82) is 0 Å². The van der Waals surface area contributed by atoms with Crippen molar-refractivity contribution in [2.45, 2.75) is 19.6 Å². The number of benzene rings is 1. The Morgan fingerprint density at radius 2 is 2.10 bits per heavy atom. The van der Waals surface area contributed by atoms with Gasteiger partial charge in [0.15, 0.2) is 11.7 Å². The number of amides is 1. The van der Waals surface area contributed by atoms with Crippen LogP contribution < -0.4 is 16.0 Å². The number of halogens is 4. The topological polar surface area (TPSA) is 78.4 Å². The van der Waals surface area contributed by atoms with E-state index >= 15 is 0 Å². The zero-order valence-electron chi connectivity index (χ0n) is 15.3. The normalized spacial score (nSPS) is 11.2. The first kappa shape index (κ1) is 24.7. The molecular formula is C18H19F3IN5OS. The molecule has 0 aliphatic carbocycles. The number of guanidine groups is 1. The summed E-state index contributed by atoms with van der Waals surface area (Å²) >= 11 is 0.894. The zero-order valence-corrected chi connectivity index (χ0v) is 18.5. The number of nitrogens with one attached hydrogen (secondary N) is 3. The lowest BCUT2D eigenvalue weighted by Crippen LogP contribution is -2.37. The molecule has 3 N–H and O–H groups in total. The maximum absolute atomic E-state index is 12.6. The molecule has 0 aliphatic rings. The van der Waals surface area contributed by atoms with Crippen LogP contribution in [0.4, 0.5) is 18.9 Å². The molecule has 156 valence electrons. The summed E-state index contributed by atoms with van der Waals surface area (Å²) in [4.78, 5) is 19.7. The first-order chi connectivity index (χ1) is 13.3. The van der Waals surface area contributed by atoms with Gasteiger partial charge in [0.25, 0.3) is 0 Å². The molecule has 1 heterocycles. The number of rotatable bonds is 6. The third-order valence-electron chi connectivity index (χ3n) is 3.29. The molecular weight excluding hydrogens is 518 g/mol. The first-order valence-corrected chi connectivity index (χ1v) is 9.10. The molecule has 0 saturated carbocycles. The highest BCUT2D eigenvalue weighted by molar-refractivity contribution is 14.0. The van der Waals surface area contributed by atoms with Crippen molar-refractivity contribution in [2.24, 2.45) is 4.99 Å². The lowest BCUT2D eigenvalue weighted by atomic mass is 10.2. The van der Waals surface area contributed by atoms with E-state index in [1.54, 1.807) is 24.3 Å². The van der Waals surface area contributed by atoms with E-state index in [9.17, 15) is 18.0 Å². The second-order valence-corrected chi connectivity index (χ2v) is 6.39. The van der Waals surface area contributed by atoms with Gasteiger partial charge in [0.2, 0.25) is 5.91 Å². The molecule has 0 bridgehead atoms. The van der Waals surface area contributed by atoms with Crippen molar-refractivity contribution >= 4 is 52.9 Å². The van der Waals surface area contributed by atoms with E-state index in [0.717, 1.165) is 16.7 Å². The first-order valence-electron chi connectivity index (χ1n) is 8.22. The molecule has 0 saturated heterocycles. The van der Waals surface area contributed by atoms with Crippen LogP contribution in [0, 0.1) is 12.3 Å². The predicted molar refractivity (Wildman–Crippen MR) is 118 cm³/mol. The van der Waals surface area contributed by atoms with Gasteiger partial charge in [0.1, 0.15) is 11.6 Å². The van der Waals surface area contributed by atoms with E-state index in [1.165, 1.54) is 0 Å². The van der Waals surface area contributed by atoms with Crippen LogP contribution in [0.15, 0.2) is 34.6 Å². The molecule has 1 aromatic carbocycles. The highest BCUT2D eigenvalue weighted by Gasteiger charge is 2.33. The summed E-state index contributed by atoms with van der Waals surface area (Å²) in [6.07, 6.45) is 0.850. The highest BCUT2D eigenvalue weighted by Crippen LogP contribution is 2.29. The van der Waals surface area contributed by atoms with Crippen molar-refractivity contribution in [2.75, 3.05) is 18.4 Å². The van der Waals surface area contributed by atoms with Crippen LogP contribution >= 0.6 is 35.3 Å². The van der Waals surface area contributed by atoms with Gasteiger partial charge in [0.05, 0.1) is 6.54 Å². The van der Waals surface area contributed by atoms with Crippen LogP contribution in [0.5, 0.6) is 0 Å². The molecule has 0 spiro atoms. The van der Waals surface area contributed by atoms with Gasteiger partial charge in [-0.15, -0.1) is 41.7 Å². The number of thiazole rings is 1. The number of anilines is 1. The molecule has 0 atom stereocenters. The van der Waals surface area contributed by atoms with E-state index in [0.29, 0.717) is 23.8 Å². The molecule has 2 aromatic rings. The van der Waals surface area contributed by atoms with Gasteiger partial charge in [0, 0.05) is 23.2 Å². The van der Waals surface area contributed by atoms with Crippen LogP contribution in [0.25, 0.3) is 0 Å². The minimum Gasteiger partial charge on any atom is -0.357 e. The Morgan fingerprint density at radius 3 is 2.72 bits per heavy atom. The monoisotopic (exact) mass is 537 g/mol. The number of nitrogens with zero attached hydrogens (tertiary/aromatic N) is 2. The van der Waals surface area contributed by atoms with Gasteiger partial charge in [-0.05, 0) is 25.1 Å². The molecule has 11 heteroatoms. The summed E-state index contributed by atoms with van der Waals surface area (Å²) in [5.74, 6) is 2.41. The summed E-state index contributed by atoms with van der Waals surface area (Å²) in [6, 6.07) is 6.82. The SMILES string of the molecule is C#Cc1cccc(NC(=O)CN=C(NCC)NCc2nc(C(F)(F)F)cs2)c1.I. The van der Waals surface area contributed by atoms with Gasteiger partial charge < -0.3 is 16.0 Å². The van der Waals surface area contributed by atoms with Crippen molar-refractivity contribution in [3.63, 3.8) is 0 Å². The van der Waals surface area contributed by atoms with Crippen LogP contribution in [-0.2, 0) is 17.5 Å². The number of alkyl halides is 3. The summed E-state index contributed by atoms with van der Waals surface area (Å²) in [5.41, 5.74) is 0.263. The predicted octanol–water partition coefficient (Wildman–Crippen LogP) is 3.46. The Morgan fingerprint density at radius 1 is 1.34 bits per heavy atom. The molecule has 0 fully saturated rings. The number of aromatic nitrogens is 1. The van der Waals surface area contributed by atoms with Crippen LogP contribution in [0.1, 0.15) is 23.2 Å². The molecule has 0 unspecified atom stereocenters. The average Bonchev–Trinajstić information content (AvgIpc) is 3.13. The lowest BCUT2D eigenvalue weighted by Gasteiger charge is -2.10. The molecule has 1 amide bonds. The van der Waals surface area contributed by atoms with Gasteiger partial charge in [-0.1, -0.05) is 12.0 Å². The third kappa shape index (κ3) is 8.28. The zero-order chi connectivity index (χ0) is 20.6. The Kier molecular flexibility index (Phi) is 9.90. The van der Waals surface area contributed by atoms with Crippen LogP contribution in [-0.4, -0.2) is 29.9 Å². The molecule has 6 nitrogen and oxygen atoms in total. The van der Waals surface area contributed by atoms with Gasteiger partial charge in [-0.3, -0.25) is 4.79 Å². The second-order valence-electron chi connectivity index (χ2n) is 5.45. The van der Waals surface area contributed by atoms with Crippen molar-refractivity contribution in [3.8, 4) is 12.3 Å². The standard InChI is InChI=1S/C18H18F3N5OS.HI/c1-3-12-6-5-7-13(8-12)25-15(27)9-23-17(22-4-2)24-10-16-26-14(11-28-16)18(19,20)21;/h1,5-8,11H,4,9-10H2,2H3,(H,25,27)(H2,22,23,24);1H. The van der Waals surface area contributed by atoms with Gasteiger partial charge in [-0.25, -0.2) is 9.98 Å². The van der Waals surface area contributed by atoms with Crippen molar-refractivity contribution < 1.29 is 18.0 Å². The van der Waals surface area contributed by atoms with E-state index in [2.05, 4.69) is 31.8 Å². The molecule has 2 rings (SSSR count). The van der Waals surface area contributed by atoms with Crippen LogP contribution in [0.2, 0.25) is 0 Å². The van der Waals surface area contributed by atoms with Crippen molar-refractivity contribution in [3.05, 3.63) is 45.9 Å². The summed E-state index contributed by atoms with van der Waals surface area (Å²) in [7, 11) is 0.